The van der Waals surface area contributed by atoms with Gasteiger partial charge in [0.15, 0.2) is 5.78 Å². The number of carbonyl (C=O) groups excluding carboxylic acids is 2. The van der Waals surface area contributed by atoms with Gasteiger partial charge in [0.25, 0.3) is 0 Å². The van der Waals surface area contributed by atoms with Crippen LogP contribution >= 0.6 is 0 Å². The summed E-state index contributed by atoms with van der Waals surface area (Å²) in [5.74, 6) is -0.0717. The minimum absolute atomic E-state index is 0.0294. The molecule has 112 valence electrons. The van der Waals surface area contributed by atoms with Gasteiger partial charge in [-0.3, -0.25) is 9.59 Å². The summed E-state index contributed by atoms with van der Waals surface area (Å²) in [5, 5.41) is 0. The van der Waals surface area contributed by atoms with Gasteiger partial charge >= 0.3 is 0 Å². The molecule has 0 bridgehead atoms. The molecule has 1 aliphatic carbocycles. The van der Waals surface area contributed by atoms with Crippen molar-refractivity contribution in [3.63, 3.8) is 0 Å². The van der Waals surface area contributed by atoms with Gasteiger partial charge in [-0.15, -0.1) is 0 Å². The Bertz CT molecular complexity index is 564. The SMILES string of the molecule is O=C(CN1C(=O)CCc2cc(F)ccc21)C1CCCCC1. The monoisotopic (exact) mass is 289 g/mol. The molecule has 1 aliphatic heterocycles. The van der Waals surface area contributed by atoms with Crippen molar-refractivity contribution in [3.05, 3.63) is 29.6 Å². The van der Waals surface area contributed by atoms with Gasteiger partial charge in [0.2, 0.25) is 5.91 Å². The predicted molar refractivity (Wildman–Crippen MR) is 78.7 cm³/mol. The van der Waals surface area contributed by atoms with Gasteiger partial charge in [-0.05, 0) is 43.0 Å². The number of rotatable bonds is 3. The summed E-state index contributed by atoms with van der Waals surface area (Å²) in [7, 11) is 0. The summed E-state index contributed by atoms with van der Waals surface area (Å²) in [6.45, 7) is 0.141. The molecule has 0 atom stereocenters. The van der Waals surface area contributed by atoms with Gasteiger partial charge in [0.05, 0.1) is 6.54 Å². The molecule has 1 aromatic carbocycles. The maximum atomic E-state index is 13.3. The van der Waals surface area contributed by atoms with E-state index in [2.05, 4.69) is 0 Å². The molecule has 0 aromatic heterocycles. The highest BCUT2D eigenvalue weighted by atomic mass is 19.1. The number of amides is 1. The van der Waals surface area contributed by atoms with Crippen molar-refractivity contribution >= 4 is 17.4 Å². The van der Waals surface area contributed by atoms with Crippen LogP contribution in [0.4, 0.5) is 10.1 Å². The number of benzene rings is 1. The number of aryl methyl sites for hydroxylation is 1. The number of hydrogen-bond acceptors (Lipinski definition) is 2. The Morgan fingerprint density at radius 1 is 1.19 bits per heavy atom. The standard InChI is InChI=1S/C17H20FNO2/c18-14-7-8-15-13(10-14)6-9-17(21)19(15)11-16(20)12-4-2-1-3-5-12/h7-8,10,12H,1-6,9,11H2. The summed E-state index contributed by atoms with van der Waals surface area (Å²) >= 11 is 0. The van der Waals surface area contributed by atoms with E-state index in [-0.39, 0.29) is 30.0 Å². The number of nitrogens with zero attached hydrogens (tertiary/aromatic N) is 1. The smallest absolute Gasteiger partial charge is 0.227 e. The van der Waals surface area contributed by atoms with Crippen LogP contribution in [-0.2, 0) is 16.0 Å². The zero-order valence-corrected chi connectivity index (χ0v) is 12.1. The average Bonchev–Trinajstić information content (AvgIpc) is 2.51. The van der Waals surface area contributed by atoms with Gasteiger partial charge in [-0.2, -0.15) is 0 Å². The number of ketones is 1. The average molecular weight is 289 g/mol. The molecule has 1 aromatic rings. The van der Waals surface area contributed by atoms with Crippen molar-refractivity contribution in [2.24, 2.45) is 5.92 Å². The van der Waals surface area contributed by atoms with Gasteiger partial charge in [0.1, 0.15) is 5.82 Å². The van der Waals surface area contributed by atoms with Gasteiger partial charge in [0, 0.05) is 18.0 Å². The van der Waals surface area contributed by atoms with E-state index in [0.717, 1.165) is 31.2 Å². The van der Waals surface area contributed by atoms with Crippen LogP contribution in [0.2, 0.25) is 0 Å². The van der Waals surface area contributed by atoms with Crippen LogP contribution in [-0.4, -0.2) is 18.2 Å². The molecule has 3 rings (SSSR count). The van der Waals surface area contributed by atoms with Crippen molar-refractivity contribution in [2.45, 2.75) is 44.9 Å². The third-order valence-corrected chi connectivity index (χ3v) is 4.62. The lowest BCUT2D eigenvalue weighted by atomic mass is 9.86. The number of carbonyl (C=O) groups is 2. The second kappa shape index (κ2) is 5.96. The Morgan fingerprint density at radius 2 is 1.95 bits per heavy atom. The van der Waals surface area contributed by atoms with E-state index in [4.69, 9.17) is 0 Å². The Kier molecular flexibility index (Phi) is 4.04. The van der Waals surface area contributed by atoms with E-state index < -0.39 is 0 Å². The first kappa shape index (κ1) is 14.2. The van der Waals surface area contributed by atoms with E-state index in [0.29, 0.717) is 18.5 Å². The van der Waals surface area contributed by atoms with Crippen molar-refractivity contribution in [3.8, 4) is 0 Å². The molecule has 1 amide bonds. The first-order valence-electron chi connectivity index (χ1n) is 7.76. The second-order valence-electron chi connectivity index (χ2n) is 6.05. The molecule has 1 fully saturated rings. The fourth-order valence-electron chi connectivity index (χ4n) is 3.41. The Hall–Kier alpha value is -1.71. The van der Waals surface area contributed by atoms with Crippen LogP contribution in [0.15, 0.2) is 18.2 Å². The quantitative estimate of drug-likeness (QED) is 0.856. The molecule has 1 saturated carbocycles. The van der Waals surface area contributed by atoms with Crippen molar-refractivity contribution in [1.29, 1.82) is 0 Å². The summed E-state index contributed by atoms with van der Waals surface area (Å²) in [4.78, 5) is 26.1. The summed E-state index contributed by atoms with van der Waals surface area (Å²) in [6.07, 6.45) is 6.20. The topological polar surface area (TPSA) is 37.4 Å². The van der Waals surface area contributed by atoms with Crippen LogP contribution in [0.1, 0.15) is 44.1 Å². The van der Waals surface area contributed by atoms with Crippen LogP contribution in [0, 0.1) is 11.7 Å². The molecule has 0 N–H and O–H groups in total. The Morgan fingerprint density at radius 3 is 2.71 bits per heavy atom. The fourth-order valence-corrected chi connectivity index (χ4v) is 3.41. The summed E-state index contributed by atoms with van der Waals surface area (Å²) < 4.78 is 13.3. The molecule has 0 saturated heterocycles. The van der Waals surface area contributed by atoms with Crippen molar-refractivity contribution in [1.82, 2.24) is 0 Å². The van der Waals surface area contributed by atoms with Crippen LogP contribution in [0.3, 0.4) is 0 Å². The minimum atomic E-state index is -0.290. The highest BCUT2D eigenvalue weighted by Gasteiger charge is 2.29. The molecule has 4 heteroatoms. The van der Waals surface area contributed by atoms with E-state index in [1.54, 1.807) is 11.0 Å². The number of hydrogen-bond donors (Lipinski definition) is 0. The normalized spacial score (nSPS) is 19.5. The molecular formula is C17H20FNO2. The lowest BCUT2D eigenvalue weighted by Crippen LogP contribution is -2.41. The summed E-state index contributed by atoms with van der Waals surface area (Å²) in [6, 6.07) is 4.45. The molecule has 3 nitrogen and oxygen atoms in total. The van der Waals surface area contributed by atoms with Crippen LogP contribution in [0.25, 0.3) is 0 Å². The molecule has 0 radical (unpaired) electrons. The van der Waals surface area contributed by atoms with Crippen LogP contribution < -0.4 is 4.90 Å². The third-order valence-electron chi connectivity index (χ3n) is 4.62. The number of halogens is 1. The lowest BCUT2D eigenvalue weighted by molar-refractivity contribution is -0.125. The third kappa shape index (κ3) is 2.99. The first-order valence-corrected chi connectivity index (χ1v) is 7.76. The molecule has 1 heterocycles. The Labute approximate surface area is 124 Å². The number of anilines is 1. The van der Waals surface area contributed by atoms with Crippen molar-refractivity contribution < 1.29 is 14.0 Å². The van der Waals surface area contributed by atoms with E-state index in [1.165, 1.54) is 18.6 Å². The molecule has 0 unspecified atom stereocenters. The molecule has 0 spiro atoms. The maximum absolute atomic E-state index is 13.3. The molecule has 2 aliphatic rings. The molecule has 21 heavy (non-hydrogen) atoms. The van der Waals surface area contributed by atoms with Gasteiger partial charge in [-0.1, -0.05) is 19.3 Å². The minimum Gasteiger partial charge on any atom is -0.305 e. The summed E-state index contributed by atoms with van der Waals surface area (Å²) in [5.41, 5.74) is 1.53. The predicted octanol–water partition coefficient (Wildman–Crippen LogP) is 3.25. The number of Topliss-reactive ketones (excluding diaryl/α,β-unsaturated/α-hetero) is 1. The zero-order chi connectivity index (χ0) is 14.8. The van der Waals surface area contributed by atoms with E-state index in [1.807, 2.05) is 0 Å². The number of fused-ring (bicyclic) bond motifs is 1. The first-order chi connectivity index (χ1) is 10.1. The largest absolute Gasteiger partial charge is 0.305 e. The van der Waals surface area contributed by atoms with Gasteiger partial charge in [-0.25, -0.2) is 4.39 Å². The molecular weight excluding hydrogens is 269 g/mol. The maximum Gasteiger partial charge on any atom is 0.227 e. The van der Waals surface area contributed by atoms with Crippen LogP contribution in [0.5, 0.6) is 0 Å². The van der Waals surface area contributed by atoms with E-state index in [9.17, 15) is 14.0 Å². The highest BCUT2D eigenvalue weighted by molar-refractivity contribution is 6.01. The van der Waals surface area contributed by atoms with Gasteiger partial charge < -0.3 is 4.90 Å². The fraction of sp³-hybridized carbons (Fsp3) is 0.529. The van der Waals surface area contributed by atoms with Crippen molar-refractivity contribution in [2.75, 3.05) is 11.4 Å². The second-order valence-corrected chi connectivity index (χ2v) is 6.05. The Balaban J connectivity index is 1.78. The lowest BCUT2D eigenvalue weighted by Gasteiger charge is -2.30. The zero-order valence-electron chi connectivity index (χ0n) is 12.1. The van der Waals surface area contributed by atoms with E-state index >= 15 is 0 Å². The highest BCUT2D eigenvalue weighted by Crippen LogP contribution is 2.30.